The van der Waals surface area contributed by atoms with Crippen LogP contribution in [0, 0.1) is 0 Å². The Kier molecular flexibility index (Phi) is 7.58. The van der Waals surface area contributed by atoms with Gasteiger partial charge in [-0.1, -0.05) is 91.0 Å². The van der Waals surface area contributed by atoms with Crippen molar-refractivity contribution in [1.29, 1.82) is 0 Å². The summed E-state index contributed by atoms with van der Waals surface area (Å²) in [7, 11) is 4.38. The second kappa shape index (κ2) is 10.6. The number of rotatable bonds is 6. The van der Waals surface area contributed by atoms with Crippen molar-refractivity contribution in [3.63, 3.8) is 0 Å². The van der Waals surface area contributed by atoms with Crippen molar-refractivity contribution in [3.8, 4) is 0 Å². The van der Waals surface area contributed by atoms with Crippen LogP contribution < -0.4 is 5.32 Å². The number of likely N-dealkylation sites (N-methyl/N-ethyl adjacent to an activating group) is 2. The molecule has 0 bridgehead atoms. The van der Waals surface area contributed by atoms with Crippen molar-refractivity contribution in [3.05, 3.63) is 108 Å². The van der Waals surface area contributed by atoms with Crippen molar-refractivity contribution in [2.24, 2.45) is 0 Å². The molecule has 3 aromatic rings. The van der Waals surface area contributed by atoms with E-state index in [0.717, 1.165) is 12.0 Å². The van der Waals surface area contributed by atoms with E-state index in [1.165, 1.54) is 11.1 Å². The third-order valence-corrected chi connectivity index (χ3v) is 6.74. The molecule has 0 aliphatic carbocycles. The van der Waals surface area contributed by atoms with Gasteiger partial charge in [0, 0.05) is 6.42 Å². The molecule has 5 heteroatoms. The molecule has 35 heavy (non-hydrogen) atoms. The van der Waals surface area contributed by atoms with Crippen LogP contribution in [-0.2, 0) is 4.74 Å². The minimum Gasteiger partial charge on any atom is -0.444 e. The number of hydrogen-bond acceptors (Lipinski definition) is 4. The Hall–Kier alpha value is -3.15. The lowest BCUT2D eigenvalue weighted by Crippen LogP contribution is -2.41. The van der Waals surface area contributed by atoms with E-state index in [4.69, 9.17) is 4.74 Å². The predicted octanol–water partition coefficient (Wildman–Crippen LogP) is 6.33. The number of alkyl carbamates (subject to hydrolysis) is 1. The number of hydrogen-bond donors (Lipinski definition) is 1. The minimum atomic E-state index is -0.553. The molecule has 1 aliphatic rings. The Bertz CT molecular complexity index is 1030. The van der Waals surface area contributed by atoms with Gasteiger partial charge in [0.2, 0.25) is 0 Å². The number of nitrogens with one attached hydrogen (secondary N) is 1. The van der Waals surface area contributed by atoms with E-state index in [-0.39, 0.29) is 24.3 Å². The zero-order chi connectivity index (χ0) is 25.0. The molecule has 0 unspecified atom stereocenters. The molecule has 0 radical (unpaired) electrons. The first-order valence-electron chi connectivity index (χ1n) is 12.3. The van der Waals surface area contributed by atoms with Crippen LogP contribution in [0.4, 0.5) is 4.79 Å². The first-order valence-corrected chi connectivity index (χ1v) is 12.3. The third kappa shape index (κ3) is 5.92. The zero-order valence-electron chi connectivity index (χ0n) is 21.4. The summed E-state index contributed by atoms with van der Waals surface area (Å²) in [5.41, 5.74) is 3.09. The average molecular weight is 472 g/mol. The Labute approximate surface area is 209 Å². The lowest BCUT2D eigenvalue weighted by Gasteiger charge is -2.32. The van der Waals surface area contributed by atoms with Gasteiger partial charge in [0.1, 0.15) is 5.60 Å². The molecule has 1 saturated heterocycles. The maximum absolute atomic E-state index is 12.8. The lowest BCUT2D eigenvalue weighted by molar-refractivity contribution is 0.0478. The molecule has 1 heterocycles. The molecule has 3 atom stereocenters. The first-order chi connectivity index (χ1) is 16.7. The van der Waals surface area contributed by atoms with E-state index in [9.17, 15) is 4.79 Å². The van der Waals surface area contributed by atoms with Crippen molar-refractivity contribution < 1.29 is 9.53 Å². The monoisotopic (exact) mass is 471 g/mol. The normalized spacial score (nSPS) is 20.5. The van der Waals surface area contributed by atoms with Gasteiger partial charge in [0.15, 0.2) is 0 Å². The third-order valence-electron chi connectivity index (χ3n) is 6.74. The molecule has 0 aromatic heterocycles. The van der Waals surface area contributed by atoms with E-state index in [0.29, 0.717) is 0 Å². The van der Waals surface area contributed by atoms with Crippen molar-refractivity contribution in [1.82, 2.24) is 15.1 Å². The number of amides is 1. The van der Waals surface area contributed by atoms with E-state index in [1.54, 1.807) is 0 Å². The van der Waals surface area contributed by atoms with E-state index in [2.05, 4.69) is 102 Å². The van der Waals surface area contributed by atoms with E-state index >= 15 is 0 Å². The Morgan fingerprint density at radius 3 is 1.66 bits per heavy atom. The highest BCUT2D eigenvalue weighted by molar-refractivity contribution is 5.68. The fraction of sp³-hybridized carbons (Fsp3) is 0.367. The molecule has 184 valence electrons. The summed E-state index contributed by atoms with van der Waals surface area (Å²) in [6.45, 7) is 5.66. The van der Waals surface area contributed by atoms with Crippen LogP contribution in [0.1, 0.15) is 62.0 Å². The van der Waals surface area contributed by atoms with Crippen LogP contribution in [0.2, 0.25) is 0 Å². The number of nitrogens with zero attached hydrogens (tertiary/aromatic N) is 2. The van der Waals surface area contributed by atoms with Crippen LogP contribution in [0.15, 0.2) is 91.0 Å². The van der Waals surface area contributed by atoms with E-state index < -0.39 is 11.7 Å². The van der Waals surface area contributed by atoms with Gasteiger partial charge in [-0.05, 0) is 51.6 Å². The molecule has 0 saturated carbocycles. The number of ether oxygens (including phenoxy) is 1. The van der Waals surface area contributed by atoms with Gasteiger partial charge in [0.05, 0.1) is 24.3 Å². The Morgan fingerprint density at radius 1 is 0.800 bits per heavy atom. The lowest BCUT2D eigenvalue weighted by atomic mass is 9.93. The topological polar surface area (TPSA) is 44.8 Å². The van der Waals surface area contributed by atoms with Crippen LogP contribution in [-0.4, -0.2) is 41.8 Å². The van der Waals surface area contributed by atoms with E-state index in [1.807, 2.05) is 39.0 Å². The quantitative estimate of drug-likeness (QED) is 0.456. The first kappa shape index (κ1) is 25.0. The van der Waals surface area contributed by atoms with Crippen LogP contribution >= 0.6 is 0 Å². The van der Waals surface area contributed by atoms with Crippen LogP contribution in [0.25, 0.3) is 0 Å². The minimum absolute atomic E-state index is 0.102. The highest BCUT2D eigenvalue weighted by Crippen LogP contribution is 2.47. The van der Waals surface area contributed by atoms with Gasteiger partial charge in [-0.15, -0.1) is 0 Å². The molecule has 4 rings (SSSR count). The molecule has 3 aromatic carbocycles. The summed E-state index contributed by atoms with van der Waals surface area (Å²) in [5, 5.41) is 3.15. The van der Waals surface area contributed by atoms with Crippen LogP contribution in [0.3, 0.4) is 0 Å². The van der Waals surface area contributed by atoms with Gasteiger partial charge >= 0.3 is 6.09 Å². The van der Waals surface area contributed by atoms with Crippen molar-refractivity contribution >= 4 is 6.09 Å². The highest BCUT2D eigenvalue weighted by atomic mass is 16.6. The number of carbonyl (C=O) groups is 1. The largest absolute Gasteiger partial charge is 0.444 e. The molecule has 1 fully saturated rings. The molecule has 1 aliphatic heterocycles. The second-order valence-electron chi connectivity index (χ2n) is 10.4. The Balaban J connectivity index is 1.66. The average Bonchev–Trinajstić information content (AvgIpc) is 3.09. The maximum atomic E-state index is 12.8. The zero-order valence-corrected chi connectivity index (χ0v) is 21.4. The number of carbonyl (C=O) groups excluding carboxylic acids is 1. The second-order valence-corrected chi connectivity index (χ2v) is 10.4. The smallest absolute Gasteiger partial charge is 0.408 e. The van der Waals surface area contributed by atoms with Gasteiger partial charge in [-0.25, -0.2) is 4.79 Å². The van der Waals surface area contributed by atoms with Crippen molar-refractivity contribution in [2.75, 3.05) is 14.1 Å². The summed E-state index contributed by atoms with van der Waals surface area (Å²) in [5.74, 6) is 0. The predicted molar refractivity (Wildman–Crippen MR) is 141 cm³/mol. The standard InChI is InChI=1S/C30H37N3O2/c1-30(2,3)35-29(34)31-25(22-15-9-6-10-16-22)21-26-32(4)27(23-17-11-7-12-18-23)28(33(26)5)24-19-13-8-14-20-24/h6-20,25-28H,21H2,1-5H3,(H,31,34)/t25-,27-,28-/m1/s1. The molecular formula is C30H37N3O2. The fourth-order valence-corrected chi connectivity index (χ4v) is 5.20. The van der Waals surface area contributed by atoms with Crippen LogP contribution in [0.5, 0.6) is 0 Å². The maximum Gasteiger partial charge on any atom is 0.408 e. The summed E-state index contributed by atoms with van der Waals surface area (Å²) >= 11 is 0. The SMILES string of the molecule is CN1C(C[C@@H](NC(=O)OC(C)(C)C)c2ccccc2)N(C)[C@H](c2ccccc2)[C@H]1c1ccccc1. The highest BCUT2D eigenvalue weighted by Gasteiger charge is 2.45. The molecular weight excluding hydrogens is 434 g/mol. The van der Waals surface area contributed by atoms with Gasteiger partial charge in [0.25, 0.3) is 0 Å². The summed E-state index contributed by atoms with van der Waals surface area (Å²) in [4.78, 5) is 17.7. The van der Waals surface area contributed by atoms with Crippen molar-refractivity contribution in [2.45, 2.75) is 57.1 Å². The van der Waals surface area contributed by atoms with Gasteiger partial charge in [-0.2, -0.15) is 0 Å². The molecule has 1 N–H and O–H groups in total. The Morgan fingerprint density at radius 2 is 1.23 bits per heavy atom. The molecule has 0 spiro atoms. The summed E-state index contributed by atoms with van der Waals surface area (Å²) in [6.07, 6.45) is 0.433. The van der Waals surface area contributed by atoms with Gasteiger partial charge < -0.3 is 10.1 Å². The summed E-state index contributed by atoms with van der Waals surface area (Å²) < 4.78 is 5.61. The molecule has 1 amide bonds. The number of benzene rings is 3. The summed E-state index contributed by atoms with van der Waals surface area (Å²) in [6, 6.07) is 31.7. The van der Waals surface area contributed by atoms with Gasteiger partial charge in [-0.3, -0.25) is 9.80 Å². The molecule has 5 nitrogen and oxygen atoms in total. The fourth-order valence-electron chi connectivity index (χ4n) is 5.20.